The number of hydrogen-bond acceptors (Lipinski definition) is 5. The minimum absolute atomic E-state index is 0.220. The maximum Gasteiger partial charge on any atom is 0.335 e. The highest BCUT2D eigenvalue weighted by molar-refractivity contribution is 9.10. The van der Waals surface area contributed by atoms with E-state index in [2.05, 4.69) is 21.2 Å². The van der Waals surface area contributed by atoms with Crippen molar-refractivity contribution in [2.45, 2.75) is 13.5 Å². The molecular formula is C26H19BrCl2N2O5. The first-order valence-corrected chi connectivity index (χ1v) is 12.3. The summed E-state index contributed by atoms with van der Waals surface area (Å²) in [6.45, 7) is 2.48. The quantitative estimate of drug-likeness (QED) is 0.255. The number of anilines is 1. The summed E-state index contributed by atoms with van der Waals surface area (Å²) in [6.07, 6.45) is 1.39. The summed E-state index contributed by atoms with van der Waals surface area (Å²) < 4.78 is 12.3. The Morgan fingerprint density at radius 2 is 1.53 bits per heavy atom. The van der Waals surface area contributed by atoms with Gasteiger partial charge < -0.3 is 9.47 Å². The van der Waals surface area contributed by atoms with E-state index < -0.39 is 17.8 Å². The van der Waals surface area contributed by atoms with E-state index in [1.807, 2.05) is 19.1 Å². The summed E-state index contributed by atoms with van der Waals surface area (Å²) in [5.74, 6) is -0.670. The lowest BCUT2D eigenvalue weighted by atomic mass is 10.1. The third-order valence-corrected chi connectivity index (χ3v) is 6.35. The van der Waals surface area contributed by atoms with E-state index in [0.717, 1.165) is 10.5 Å². The van der Waals surface area contributed by atoms with Crippen molar-refractivity contribution in [3.8, 4) is 11.5 Å². The number of rotatable bonds is 7. The van der Waals surface area contributed by atoms with Crippen LogP contribution >= 0.6 is 39.1 Å². The van der Waals surface area contributed by atoms with Gasteiger partial charge >= 0.3 is 6.03 Å². The number of benzene rings is 3. The van der Waals surface area contributed by atoms with E-state index in [1.165, 1.54) is 18.2 Å². The Kier molecular flexibility index (Phi) is 7.98. The largest absolute Gasteiger partial charge is 0.490 e. The van der Waals surface area contributed by atoms with Crippen LogP contribution in [0.15, 0.2) is 70.7 Å². The number of carbonyl (C=O) groups excluding carboxylic acids is 3. The van der Waals surface area contributed by atoms with Gasteiger partial charge in [0, 0.05) is 14.5 Å². The highest BCUT2D eigenvalue weighted by atomic mass is 79.9. The van der Waals surface area contributed by atoms with Gasteiger partial charge in [0.15, 0.2) is 11.5 Å². The Labute approximate surface area is 225 Å². The zero-order valence-corrected chi connectivity index (χ0v) is 22.0. The summed E-state index contributed by atoms with van der Waals surface area (Å²) in [6, 6.07) is 15.9. The molecule has 3 aromatic rings. The van der Waals surface area contributed by atoms with Crippen molar-refractivity contribution < 1.29 is 23.9 Å². The summed E-state index contributed by atoms with van der Waals surface area (Å²) in [4.78, 5) is 39.0. The first-order chi connectivity index (χ1) is 17.3. The van der Waals surface area contributed by atoms with Crippen LogP contribution in [0.4, 0.5) is 10.5 Å². The van der Waals surface area contributed by atoms with Crippen LogP contribution in [0.25, 0.3) is 6.08 Å². The predicted octanol–water partition coefficient (Wildman–Crippen LogP) is 6.40. The standard InChI is InChI=1S/C26H19BrCl2N2O5/c1-2-35-22-12-16(21(27)13-23(22)36-14-15-3-5-17(28)6-4-15)11-20-24(32)30-26(34)31(25(20)33)19-9-7-18(29)8-10-19/h3-13H,2,14H2,1H3,(H,30,32,34)/b20-11+. The molecule has 1 aliphatic rings. The van der Waals surface area contributed by atoms with Crippen LogP contribution in [-0.4, -0.2) is 24.5 Å². The first-order valence-electron chi connectivity index (χ1n) is 10.8. The van der Waals surface area contributed by atoms with Crippen molar-refractivity contribution in [3.05, 3.63) is 91.9 Å². The zero-order chi connectivity index (χ0) is 25.8. The number of carbonyl (C=O) groups is 3. The number of amides is 4. The summed E-state index contributed by atoms with van der Waals surface area (Å²) in [5.41, 5.74) is 1.46. The second-order valence-corrected chi connectivity index (χ2v) is 9.33. The fourth-order valence-electron chi connectivity index (χ4n) is 3.42. The molecule has 4 rings (SSSR count). The zero-order valence-electron chi connectivity index (χ0n) is 18.9. The molecule has 1 aliphatic heterocycles. The minimum Gasteiger partial charge on any atom is -0.490 e. The van der Waals surface area contributed by atoms with E-state index in [0.29, 0.717) is 38.2 Å². The number of hydrogen-bond donors (Lipinski definition) is 1. The molecule has 1 fully saturated rings. The average Bonchev–Trinajstić information content (AvgIpc) is 2.84. The molecular weight excluding hydrogens is 571 g/mol. The van der Waals surface area contributed by atoms with Crippen LogP contribution in [-0.2, 0) is 16.2 Å². The van der Waals surface area contributed by atoms with E-state index in [-0.39, 0.29) is 17.9 Å². The van der Waals surface area contributed by atoms with Gasteiger partial charge in [-0.2, -0.15) is 0 Å². The summed E-state index contributed by atoms with van der Waals surface area (Å²) in [7, 11) is 0. The molecule has 0 bridgehead atoms. The van der Waals surface area contributed by atoms with Gasteiger partial charge in [0.05, 0.1) is 12.3 Å². The molecule has 0 spiro atoms. The predicted molar refractivity (Wildman–Crippen MR) is 142 cm³/mol. The molecule has 184 valence electrons. The minimum atomic E-state index is -0.843. The van der Waals surface area contributed by atoms with E-state index in [9.17, 15) is 14.4 Å². The number of nitrogens with one attached hydrogen (secondary N) is 1. The van der Waals surface area contributed by atoms with Gasteiger partial charge in [-0.3, -0.25) is 14.9 Å². The number of halogens is 3. The van der Waals surface area contributed by atoms with Gasteiger partial charge in [0.25, 0.3) is 11.8 Å². The molecule has 1 saturated heterocycles. The van der Waals surface area contributed by atoms with Crippen LogP contribution in [0.1, 0.15) is 18.1 Å². The average molecular weight is 590 g/mol. The van der Waals surface area contributed by atoms with E-state index in [4.69, 9.17) is 32.7 Å². The molecule has 0 atom stereocenters. The van der Waals surface area contributed by atoms with Crippen LogP contribution in [0.3, 0.4) is 0 Å². The molecule has 4 amide bonds. The van der Waals surface area contributed by atoms with Crippen LogP contribution < -0.4 is 19.7 Å². The topological polar surface area (TPSA) is 84.9 Å². The Hall–Kier alpha value is -3.33. The first kappa shape index (κ1) is 25.8. The van der Waals surface area contributed by atoms with Gasteiger partial charge in [-0.05, 0) is 72.7 Å². The van der Waals surface area contributed by atoms with E-state index in [1.54, 1.807) is 36.4 Å². The lowest BCUT2D eigenvalue weighted by molar-refractivity contribution is -0.122. The molecule has 0 saturated carbocycles. The fraction of sp³-hybridized carbons (Fsp3) is 0.115. The second kappa shape index (κ2) is 11.2. The molecule has 0 unspecified atom stereocenters. The highest BCUT2D eigenvalue weighted by Gasteiger charge is 2.37. The van der Waals surface area contributed by atoms with Crippen molar-refractivity contribution >= 4 is 68.7 Å². The van der Waals surface area contributed by atoms with Gasteiger partial charge in [-0.15, -0.1) is 0 Å². The Morgan fingerprint density at radius 1 is 0.917 bits per heavy atom. The SMILES string of the molecule is CCOc1cc(/C=C2\C(=O)NC(=O)N(c3ccc(Cl)cc3)C2=O)c(Br)cc1OCc1ccc(Cl)cc1. The number of ether oxygens (including phenoxy) is 2. The van der Waals surface area contributed by atoms with E-state index >= 15 is 0 Å². The maximum atomic E-state index is 13.2. The van der Waals surface area contributed by atoms with Crippen molar-refractivity contribution in [3.63, 3.8) is 0 Å². The molecule has 7 nitrogen and oxygen atoms in total. The molecule has 0 radical (unpaired) electrons. The van der Waals surface area contributed by atoms with Crippen LogP contribution in [0.2, 0.25) is 10.0 Å². The lowest BCUT2D eigenvalue weighted by Gasteiger charge is -2.26. The van der Waals surface area contributed by atoms with Crippen LogP contribution in [0.5, 0.6) is 11.5 Å². The number of nitrogens with zero attached hydrogens (tertiary/aromatic N) is 1. The fourth-order valence-corrected chi connectivity index (χ4v) is 4.11. The highest BCUT2D eigenvalue weighted by Crippen LogP contribution is 2.36. The molecule has 0 aromatic heterocycles. The number of imide groups is 2. The molecule has 36 heavy (non-hydrogen) atoms. The van der Waals surface area contributed by atoms with Gasteiger partial charge in [-0.1, -0.05) is 51.3 Å². The third kappa shape index (κ3) is 5.73. The van der Waals surface area contributed by atoms with Crippen molar-refractivity contribution in [1.29, 1.82) is 0 Å². The smallest absolute Gasteiger partial charge is 0.335 e. The Balaban J connectivity index is 1.65. The second-order valence-electron chi connectivity index (χ2n) is 7.60. The molecule has 10 heteroatoms. The third-order valence-electron chi connectivity index (χ3n) is 5.16. The Morgan fingerprint density at radius 3 is 2.17 bits per heavy atom. The molecule has 0 aliphatic carbocycles. The van der Waals surface area contributed by atoms with Gasteiger partial charge in [0.2, 0.25) is 0 Å². The van der Waals surface area contributed by atoms with Crippen molar-refractivity contribution in [1.82, 2.24) is 5.32 Å². The lowest BCUT2D eigenvalue weighted by Crippen LogP contribution is -2.54. The number of urea groups is 1. The van der Waals surface area contributed by atoms with Crippen molar-refractivity contribution in [2.24, 2.45) is 0 Å². The molecule has 3 aromatic carbocycles. The molecule has 1 heterocycles. The monoisotopic (exact) mass is 588 g/mol. The summed E-state index contributed by atoms with van der Waals surface area (Å²) in [5, 5.41) is 3.28. The van der Waals surface area contributed by atoms with Gasteiger partial charge in [0.1, 0.15) is 12.2 Å². The summed E-state index contributed by atoms with van der Waals surface area (Å²) >= 11 is 15.3. The van der Waals surface area contributed by atoms with Gasteiger partial charge in [-0.25, -0.2) is 9.69 Å². The van der Waals surface area contributed by atoms with Crippen molar-refractivity contribution in [2.75, 3.05) is 11.5 Å². The number of barbiturate groups is 1. The maximum absolute atomic E-state index is 13.2. The van der Waals surface area contributed by atoms with Crippen LogP contribution in [0, 0.1) is 0 Å². The Bertz CT molecular complexity index is 1360. The molecule has 1 N–H and O–H groups in total. The normalized spacial score (nSPS) is 14.7.